The topological polar surface area (TPSA) is 133 Å². The standard InChI is InChI=1S/C18H26N2O3.C2H2O4/c1-3-23-18(22)15-7-10-20(11-8-15)12-9-17(21)19-16-6-4-5-14(2)13-16;3-1(4)2(5)6/h4-6,13,15H,3,7-12H2,1-2H3,(H,19,21);(H,3,4)(H,5,6). The summed E-state index contributed by atoms with van der Waals surface area (Å²) in [6, 6.07) is 7.80. The predicted molar refractivity (Wildman–Crippen MR) is 105 cm³/mol. The number of hydrogen-bond donors (Lipinski definition) is 3. The van der Waals surface area contributed by atoms with Crippen LogP contribution in [0.4, 0.5) is 5.69 Å². The highest BCUT2D eigenvalue weighted by atomic mass is 16.5. The van der Waals surface area contributed by atoms with Gasteiger partial charge in [0.05, 0.1) is 12.5 Å². The largest absolute Gasteiger partial charge is 0.473 e. The van der Waals surface area contributed by atoms with Crippen LogP contribution in [0.5, 0.6) is 0 Å². The van der Waals surface area contributed by atoms with Gasteiger partial charge in [-0.3, -0.25) is 9.59 Å². The minimum atomic E-state index is -1.82. The maximum atomic E-state index is 12.0. The molecule has 1 aliphatic heterocycles. The fraction of sp³-hybridized carbons (Fsp3) is 0.500. The SMILES string of the molecule is CCOC(=O)C1CCN(CCC(=O)Nc2cccc(C)c2)CC1.O=C(O)C(=O)O. The van der Waals surface area contributed by atoms with E-state index in [1.54, 1.807) is 0 Å². The van der Waals surface area contributed by atoms with Crippen LogP contribution >= 0.6 is 0 Å². The van der Waals surface area contributed by atoms with Crippen LogP contribution in [0.3, 0.4) is 0 Å². The molecule has 1 aromatic rings. The molecule has 1 aliphatic rings. The van der Waals surface area contributed by atoms with E-state index >= 15 is 0 Å². The van der Waals surface area contributed by atoms with Gasteiger partial charge in [0.25, 0.3) is 0 Å². The van der Waals surface area contributed by atoms with Crippen molar-refractivity contribution in [1.29, 1.82) is 0 Å². The second kappa shape index (κ2) is 12.5. The van der Waals surface area contributed by atoms with Gasteiger partial charge in [0, 0.05) is 18.7 Å². The summed E-state index contributed by atoms with van der Waals surface area (Å²) in [5, 5.41) is 17.7. The Morgan fingerprint density at radius 3 is 2.28 bits per heavy atom. The molecule has 9 heteroatoms. The third kappa shape index (κ3) is 9.70. The van der Waals surface area contributed by atoms with E-state index in [4.69, 9.17) is 24.5 Å². The molecule has 1 heterocycles. The molecule has 1 saturated heterocycles. The number of anilines is 1. The minimum absolute atomic E-state index is 0.0207. The molecular formula is C20H28N2O7. The summed E-state index contributed by atoms with van der Waals surface area (Å²) < 4.78 is 5.07. The Labute approximate surface area is 169 Å². The van der Waals surface area contributed by atoms with Crippen molar-refractivity contribution in [3.63, 3.8) is 0 Å². The summed E-state index contributed by atoms with van der Waals surface area (Å²) in [5.74, 6) is -3.68. The number of hydrogen-bond acceptors (Lipinski definition) is 6. The number of nitrogens with one attached hydrogen (secondary N) is 1. The van der Waals surface area contributed by atoms with E-state index in [0.717, 1.165) is 43.7 Å². The molecule has 0 spiro atoms. The van der Waals surface area contributed by atoms with Crippen LogP contribution < -0.4 is 5.32 Å². The average Bonchev–Trinajstić information content (AvgIpc) is 2.67. The zero-order valence-electron chi connectivity index (χ0n) is 16.7. The van der Waals surface area contributed by atoms with Gasteiger partial charge < -0.3 is 25.2 Å². The van der Waals surface area contributed by atoms with Crippen LogP contribution in [0.15, 0.2) is 24.3 Å². The minimum Gasteiger partial charge on any atom is -0.473 e. The Bertz CT molecular complexity index is 701. The number of amides is 1. The molecule has 0 bridgehead atoms. The lowest BCUT2D eigenvalue weighted by molar-refractivity contribution is -0.159. The maximum Gasteiger partial charge on any atom is 0.414 e. The van der Waals surface area contributed by atoms with Gasteiger partial charge in [-0.25, -0.2) is 9.59 Å². The second-order valence-electron chi connectivity index (χ2n) is 6.65. The summed E-state index contributed by atoms with van der Waals surface area (Å²) in [7, 11) is 0. The highest BCUT2D eigenvalue weighted by Gasteiger charge is 2.25. The van der Waals surface area contributed by atoms with Crippen LogP contribution in [-0.2, 0) is 23.9 Å². The zero-order valence-corrected chi connectivity index (χ0v) is 16.7. The quantitative estimate of drug-likeness (QED) is 0.479. The van der Waals surface area contributed by atoms with E-state index in [-0.39, 0.29) is 17.8 Å². The Morgan fingerprint density at radius 1 is 1.14 bits per heavy atom. The molecule has 29 heavy (non-hydrogen) atoms. The third-order valence-electron chi connectivity index (χ3n) is 4.35. The van der Waals surface area contributed by atoms with Crippen LogP contribution in [-0.4, -0.2) is 65.2 Å². The molecule has 0 saturated carbocycles. The van der Waals surface area contributed by atoms with Gasteiger partial charge in [-0.1, -0.05) is 12.1 Å². The van der Waals surface area contributed by atoms with Crippen LogP contribution in [0, 0.1) is 12.8 Å². The van der Waals surface area contributed by atoms with Crippen molar-refractivity contribution in [3.8, 4) is 0 Å². The van der Waals surface area contributed by atoms with E-state index in [1.165, 1.54) is 0 Å². The Hall–Kier alpha value is -2.94. The van der Waals surface area contributed by atoms with Crippen molar-refractivity contribution in [1.82, 2.24) is 4.90 Å². The fourth-order valence-corrected chi connectivity index (χ4v) is 2.86. The summed E-state index contributed by atoms with van der Waals surface area (Å²) in [5.41, 5.74) is 1.97. The van der Waals surface area contributed by atoms with Crippen molar-refractivity contribution in [3.05, 3.63) is 29.8 Å². The molecule has 0 aromatic heterocycles. The van der Waals surface area contributed by atoms with Gasteiger partial charge in [-0.2, -0.15) is 0 Å². The van der Waals surface area contributed by atoms with Gasteiger partial charge in [0.1, 0.15) is 0 Å². The first-order valence-electron chi connectivity index (χ1n) is 9.44. The average molecular weight is 408 g/mol. The molecule has 0 aliphatic carbocycles. The van der Waals surface area contributed by atoms with Gasteiger partial charge in [-0.05, 0) is 57.5 Å². The highest BCUT2D eigenvalue weighted by molar-refractivity contribution is 6.27. The molecule has 2 rings (SSSR count). The summed E-state index contributed by atoms with van der Waals surface area (Å²) in [6.45, 7) is 6.71. The number of carboxylic acids is 2. The fourth-order valence-electron chi connectivity index (χ4n) is 2.86. The zero-order chi connectivity index (χ0) is 21.8. The third-order valence-corrected chi connectivity index (χ3v) is 4.35. The maximum absolute atomic E-state index is 12.0. The van der Waals surface area contributed by atoms with E-state index < -0.39 is 11.9 Å². The lowest BCUT2D eigenvalue weighted by Crippen LogP contribution is -2.38. The van der Waals surface area contributed by atoms with Gasteiger partial charge >= 0.3 is 17.9 Å². The molecular weight excluding hydrogens is 380 g/mol. The van der Waals surface area contributed by atoms with Crippen molar-refractivity contribution < 1.29 is 34.1 Å². The molecule has 160 valence electrons. The number of carbonyl (C=O) groups is 4. The molecule has 0 unspecified atom stereocenters. The molecule has 3 N–H and O–H groups in total. The van der Waals surface area contributed by atoms with E-state index in [0.29, 0.717) is 13.0 Å². The van der Waals surface area contributed by atoms with Crippen LogP contribution in [0.2, 0.25) is 0 Å². The number of aryl methyl sites for hydroxylation is 1. The lowest BCUT2D eigenvalue weighted by Gasteiger charge is -2.30. The number of likely N-dealkylation sites (tertiary alicyclic amines) is 1. The smallest absolute Gasteiger partial charge is 0.414 e. The van der Waals surface area contributed by atoms with Crippen LogP contribution in [0.1, 0.15) is 31.7 Å². The number of esters is 1. The lowest BCUT2D eigenvalue weighted by atomic mass is 9.97. The number of carboxylic acid groups (broad SMARTS) is 2. The summed E-state index contributed by atoms with van der Waals surface area (Å²) in [6.07, 6.45) is 2.11. The van der Waals surface area contributed by atoms with Gasteiger partial charge in [-0.15, -0.1) is 0 Å². The predicted octanol–water partition coefficient (Wildman–Crippen LogP) is 1.75. The van der Waals surface area contributed by atoms with Crippen molar-refractivity contribution in [2.45, 2.75) is 33.1 Å². The van der Waals surface area contributed by atoms with Gasteiger partial charge in [0.2, 0.25) is 5.91 Å². The first-order valence-corrected chi connectivity index (χ1v) is 9.44. The summed E-state index contributed by atoms with van der Waals surface area (Å²) >= 11 is 0. The van der Waals surface area contributed by atoms with Crippen molar-refractivity contribution in [2.24, 2.45) is 5.92 Å². The number of carbonyl (C=O) groups excluding carboxylic acids is 2. The molecule has 1 amide bonds. The van der Waals surface area contributed by atoms with Gasteiger partial charge in [0.15, 0.2) is 0 Å². The number of aliphatic carboxylic acids is 2. The Kier molecular flexibility index (Phi) is 10.4. The number of benzene rings is 1. The Morgan fingerprint density at radius 2 is 1.76 bits per heavy atom. The number of ether oxygens (including phenoxy) is 1. The number of nitrogens with zero attached hydrogens (tertiary/aromatic N) is 1. The van der Waals surface area contributed by atoms with E-state index in [2.05, 4.69) is 10.2 Å². The van der Waals surface area contributed by atoms with Crippen molar-refractivity contribution in [2.75, 3.05) is 31.6 Å². The first kappa shape index (κ1) is 24.1. The molecule has 0 atom stereocenters. The molecule has 0 radical (unpaired) electrons. The number of piperidine rings is 1. The normalized spacial score (nSPS) is 14.3. The van der Waals surface area contributed by atoms with Crippen LogP contribution in [0.25, 0.3) is 0 Å². The Balaban J connectivity index is 0.000000612. The van der Waals surface area contributed by atoms with E-state index in [1.807, 2.05) is 38.1 Å². The van der Waals surface area contributed by atoms with Crippen molar-refractivity contribution >= 4 is 29.5 Å². The molecule has 9 nitrogen and oxygen atoms in total. The first-order chi connectivity index (χ1) is 13.7. The molecule has 1 aromatic carbocycles. The van der Waals surface area contributed by atoms with E-state index in [9.17, 15) is 9.59 Å². The number of rotatable bonds is 6. The molecule has 1 fully saturated rings. The summed E-state index contributed by atoms with van der Waals surface area (Å²) in [4.78, 5) is 44.1. The highest BCUT2D eigenvalue weighted by Crippen LogP contribution is 2.19. The monoisotopic (exact) mass is 408 g/mol. The second-order valence-corrected chi connectivity index (χ2v) is 6.65.